The maximum Gasteiger partial charge on any atom is 0.240 e. The van der Waals surface area contributed by atoms with Crippen LogP contribution in [0, 0.1) is 0 Å². The SMILES string of the molecule is CN1CCN(CCCCNS(=O)(=O)c2ccc(Cl)cc2)CC1. The Hall–Kier alpha value is -0.660. The van der Waals surface area contributed by atoms with Crippen LogP contribution in [0.1, 0.15) is 12.8 Å². The van der Waals surface area contributed by atoms with Gasteiger partial charge in [-0.25, -0.2) is 13.1 Å². The van der Waals surface area contributed by atoms with Gasteiger partial charge in [-0.3, -0.25) is 0 Å². The molecule has 0 saturated carbocycles. The van der Waals surface area contributed by atoms with E-state index in [0.29, 0.717) is 11.6 Å². The molecule has 0 amide bonds. The monoisotopic (exact) mass is 345 g/mol. The van der Waals surface area contributed by atoms with Crippen LogP contribution in [0.2, 0.25) is 5.02 Å². The van der Waals surface area contributed by atoms with E-state index in [0.717, 1.165) is 45.6 Å². The number of piperazine rings is 1. The highest BCUT2D eigenvalue weighted by atomic mass is 35.5. The predicted octanol–water partition coefficient (Wildman–Crippen LogP) is 1.65. The number of sulfonamides is 1. The second kappa shape index (κ2) is 8.26. The summed E-state index contributed by atoms with van der Waals surface area (Å²) in [6.45, 7) is 5.95. The van der Waals surface area contributed by atoms with Crippen LogP contribution in [0.4, 0.5) is 0 Å². The van der Waals surface area contributed by atoms with Crippen molar-refractivity contribution in [1.82, 2.24) is 14.5 Å². The molecule has 0 aliphatic carbocycles. The van der Waals surface area contributed by atoms with Crippen molar-refractivity contribution in [3.8, 4) is 0 Å². The molecular formula is C15H24ClN3O2S. The molecule has 0 atom stereocenters. The Morgan fingerprint density at radius 1 is 1.09 bits per heavy atom. The summed E-state index contributed by atoms with van der Waals surface area (Å²) in [7, 11) is -1.28. The van der Waals surface area contributed by atoms with E-state index in [-0.39, 0.29) is 4.90 Å². The minimum atomic E-state index is -3.42. The molecule has 0 bridgehead atoms. The van der Waals surface area contributed by atoms with Crippen LogP contribution in [-0.4, -0.2) is 64.5 Å². The van der Waals surface area contributed by atoms with Gasteiger partial charge in [-0.15, -0.1) is 0 Å². The topological polar surface area (TPSA) is 52.6 Å². The number of halogens is 1. The molecule has 1 fully saturated rings. The number of nitrogens with zero attached hydrogens (tertiary/aromatic N) is 2. The van der Waals surface area contributed by atoms with Crippen molar-refractivity contribution in [2.45, 2.75) is 17.7 Å². The number of hydrogen-bond donors (Lipinski definition) is 1. The van der Waals surface area contributed by atoms with Gasteiger partial charge in [-0.1, -0.05) is 11.6 Å². The van der Waals surface area contributed by atoms with Gasteiger partial charge >= 0.3 is 0 Å². The van der Waals surface area contributed by atoms with E-state index in [1.54, 1.807) is 12.1 Å². The van der Waals surface area contributed by atoms with Crippen molar-refractivity contribution in [2.24, 2.45) is 0 Å². The Bertz CT molecular complexity index is 555. The molecule has 0 aromatic heterocycles. The summed E-state index contributed by atoms with van der Waals surface area (Å²) in [6, 6.07) is 6.22. The van der Waals surface area contributed by atoms with E-state index in [1.807, 2.05) is 0 Å². The van der Waals surface area contributed by atoms with Gasteiger partial charge < -0.3 is 9.80 Å². The van der Waals surface area contributed by atoms with Crippen molar-refractivity contribution < 1.29 is 8.42 Å². The Morgan fingerprint density at radius 2 is 1.73 bits per heavy atom. The van der Waals surface area contributed by atoms with Gasteiger partial charge in [0, 0.05) is 37.7 Å². The average molecular weight is 346 g/mol. The van der Waals surface area contributed by atoms with Crippen LogP contribution in [0.25, 0.3) is 0 Å². The van der Waals surface area contributed by atoms with Crippen LogP contribution in [0.3, 0.4) is 0 Å². The van der Waals surface area contributed by atoms with E-state index < -0.39 is 10.0 Å². The third-order valence-electron chi connectivity index (χ3n) is 3.91. The Labute approximate surface area is 138 Å². The van der Waals surface area contributed by atoms with Crippen LogP contribution >= 0.6 is 11.6 Å². The first-order valence-corrected chi connectivity index (χ1v) is 9.49. The van der Waals surface area contributed by atoms with Gasteiger partial charge in [0.05, 0.1) is 4.90 Å². The number of hydrogen-bond acceptors (Lipinski definition) is 4. The van der Waals surface area contributed by atoms with Gasteiger partial charge in [-0.2, -0.15) is 0 Å². The number of unbranched alkanes of at least 4 members (excludes halogenated alkanes) is 1. The van der Waals surface area contributed by atoms with Gasteiger partial charge in [0.2, 0.25) is 10.0 Å². The molecule has 5 nitrogen and oxygen atoms in total. The summed E-state index contributed by atoms with van der Waals surface area (Å²) in [6.07, 6.45) is 1.85. The van der Waals surface area contributed by atoms with E-state index in [4.69, 9.17) is 11.6 Å². The van der Waals surface area contributed by atoms with Gasteiger partial charge in [-0.05, 0) is 50.7 Å². The fraction of sp³-hybridized carbons (Fsp3) is 0.600. The Morgan fingerprint density at radius 3 is 2.36 bits per heavy atom. The van der Waals surface area contributed by atoms with Gasteiger partial charge in [0.15, 0.2) is 0 Å². The average Bonchev–Trinajstić information content (AvgIpc) is 2.49. The largest absolute Gasteiger partial charge is 0.304 e. The highest BCUT2D eigenvalue weighted by molar-refractivity contribution is 7.89. The third kappa shape index (κ3) is 5.52. The maximum absolute atomic E-state index is 12.1. The lowest BCUT2D eigenvalue weighted by molar-refractivity contribution is 0.152. The molecule has 7 heteroatoms. The first-order valence-electron chi connectivity index (χ1n) is 7.63. The zero-order valence-electron chi connectivity index (χ0n) is 13.0. The molecule has 1 aliphatic heterocycles. The second-order valence-electron chi connectivity index (χ2n) is 5.70. The fourth-order valence-electron chi connectivity index (χ4n) is 2.44. The van der Waals surface area contributed by atoms with Crippen LogP contribution < -0.4 is 4.72 Å². The molecule has 1 N–H and O–H groups in total. The first kappa shape index (κ1) is 17.7. The number of likely N-dealkylation sites (N-methyl/N-ethyl adjacent to an activating group) is 1. The van der Waals surface area contributed by atoms with Crippen molar-refractivity contribution in [2.75, 3.05) is 46.3 Å². The standard InChI is InChI=1S/C15H24ClN3O2S/c1-18-10-12-19(13-11-18)9-3-2-8-17-22(20,21)15-6-4-14(16)5-7-15/h4-7,17H,2-3,8-13H2,1H3. The molecule has 2 rings (SSSR count). The van der Waals surface area contributed by atoms with Crippen molar-refractivity contribution in [3.63, 3.8) is 0 Å². The summed E-state index contributed by atoms with van der Waals surface area (Å²) >= 11 is 5.77. The Kier molecular flexibility index (Phi) is 6.65. The molecule has 1 aliphatic rings. The minimum Gasteiger partial charge on any atom is -0.304 e. The molecule has 0 spiro atoms. The highest BCUT2D eigenvalue weighted by Crippen LogP contribution is 2.13. The summed E-state index contributed by atoms with van der Waals surface area (Å²) in [5, 5.41) is 0.533. The highest BCUT2D eigenvalue weighted by Gasteiger charge is 2.14. The lowest BCUT2D eigenvalue weighted by atomic mass is 10.2. The molecule has 0 unspecified atom stereocenters. The summed E-state index contributed by atoms with van der Waals surface area (Å²) in [4.78, 5) is 5.03. The zero-order valence-corrected chi connectivity index (χ0v) is 14.5. The van der Waals surface area contributed by atoms with E-state index in [9.17, 15) is 8.42 Å². The normalized spacial score (nSPS) is 17.7. The smallest absolute Gasteiger partial charge is 0.240 e. The Balaban J connectivity index is 1.66. The first-order chi connectivity index (χ1) is 10.5. The second-order valence-corrected chi connectivity index (χ2v) is 7.91. The molecule has 22 heavy (non-hydrogen) atoms. The lowest BCUT2D eigenvalue weighted by Gasteiger charge is -2.32. The maximum atomic E-state index is 12.1. The van der Waals surface area contributed by atoms with Crippen molar-refractivity contribution >= 4 is 21.6 Å². The summed E-state index contributed by atoms with van der Waals surface area (Å²) < 4.78 is 26.8. The number of benzene rings is 1. The third-order valence-corrected chi connectivity index (χ3v) is 5.64. The molecule has 0 radical (unpaired) electrons. The van der Waals surface area contributed by atoms with E-state index in [2.05, 4.69) is 21.6 Å². The summed E-state index contributed by atoms with van der Waals surface area (Å²) in [5.41, 5.74) is 0. The fourth-order valence-corrected chi connectivity index (χ4v) is 3.64. The van der Waals surface area contributed by atoms with Gasteiger partial charge in [0.25, 0.3) is 0 Å². The van der Waals surface area contributed by atoms with Crippen LogP contribution in [-0.2, 0) is 10.0 Å². The molecule has 1 heterocycles. The van der Waals surface area contributed by atoms with Crippen molar-refractivity contribution in [1.29, 1.82) is 0 Å². The van der Waals surface area contributed by atoms with Crippen molar-refractivity contribution in [3.05, 3.63) is 29.3 Å². The lowest BCUT2D eigenvalue weighted by Crippen LogP contribution is -2.44. The minimum absolute atomic E-state index is 0.260. The molecular weight excluding hydrogens is 322 g/mol. The number of nitrogens with one attached hydrogen (secondary N) is 1. The summed E-state index contributed by atoms with van der Waals surface area (Å²) in [5.74, 6) is 0. The molecule has 1 aromatic carbocycles. The van der Waals surface area contributed by atoms with E-state index in [1.165, 1.54) is 12.1 Å². The molecule has 1 aromatic rings. The van der Waals surface area contributed by atoms with E-state index >= 15 is 0 Å². The number of rotatable bonds is 7. The quantitative estimate of drug-likeness (QED) is 0.763. The van der Waals surface area contributed by atoms with Crippen LogP contribution in [0.5, 0.6) is 0 Å². The zero-order chi connectivity index (χ0) is 16.0. The molecule has 1 saturated heterocycles. The molecule has 124 valence electrons. The van der Waals surface area contributed by atoms with Crippen LogP contribution in [0.15, 0.2) is 29.2 Å². The predicted molar refractivity (Wildman–Crippen MR) is 89.8 cm³/mol. The van der Waals surface area contributed by atoms with Gasteiger partial charge in [0.1, 0.15) is 0 Å².